The molecule has 0 radical (unpaired) electrons. The van der Waals surface area contributed by atoms with Crippen LogP contribution in [0.2, 0.25) is 0 Å². The molecule has 4 nitrogen and oxygen atoms in total. The molecule has 0 amide bonds. The summed E-state index contributed by atoms with van der Waals surface area (Å²) in [5.74, 6) is 0.124. The van der Waals surface area contributed by atoms with E-state index in [1.165, 1.54) is 5.56 Å². The van der Waals surface area contributed by atoms with Crippen LogP contribution in [0.5, 0.6) is 0 Å². The summed E-state index contributed by atoms with van der Waals surface area (Å²) < 4.78 is 10.6. The molecule has 5 heteroatoms. The van der Waals surface area contributed by atoms with Gasteiger partial charge in [0.2, 0.25) is 0 Å². The lowest BCUT2D eigenvalue weighted by atomic mass is 9.89. The molecule has 1 fully saturated rings. The number of ether oxygens (including phenoxy) is 2. The molecule has 0 aromatic heterocycles. The fourth-order valence-electron chi connectivity index (χ4n) is 2.75. The minimum atomic E-state index is -0.886. The predicted octanol–water partition coefficient (Wildman–Crippen LogP) is 4.42. The van der Waals surface area contributed by atoms with Gasteiger partial charge in [0, 0.05) is 16.8 Å². The Bertz CT molecular complexity index is 498. The molecule has 1 aromatic carbocycles. The van der Waals surface area contributed by atoms with Gasteiger partial charge in [-0.2, -0.15) is 0 Å². The highest BCUT2D eigenvalue weighted by molar-refractivity contribution is 9.10. The molecule has 1 aliphatic carbocycles. The second-order valence-electron chi connectivity index (χ2n) is 5.24. The van der Waals surface area contributed by atoms with E-state index >= 15 is 0 Å². The highest BCUT2D eigenvalue weighted by atomic mass is 79.9. The first-order chi connectivity index (χ1) is 10.1. The van der Waals surface area contributed by atoms with E-state index in [9.17, 15) is 9.59 Å². The van der Waals surface area contributed by atoms with E-state index in [1.54, 1.807) is 6.92 Å². The van der Waals surface area contributed by atoms with Gasteiger partial charge in [0.1, 0.15) is 0 Å². The van der Waals surface area contributed by atoms with Gasteiger partial charge in [-0.15, -0.1) is 0 Å². The largest absolute Gasteiger partial charge is 0.516 e. The van der Waals surface area contributed by atoms with E-state index < -0.39 is 12.1 Å². The number of hydrogen-bond acceptors (Lipinski definition) is 4. The molecule has 0 bridgehead atoms. The van der Waals surface area contributed by atoms with Crippen molar-refractivity contribution in [2.24, 2.45) is 5.92 Å². The van der Waals surface area contributed by atoms with Crippen LogP contribution in [0.1, 0.15) is 44.1 Å². The van der Waals surface area contributed by atoms with Crippen LogP contribution in [-0.2, 0) is 14.3 Å². The molecule has 0 heterocycles. The van der Waals surface area contributed by atoms with Crippen LogP contribution in [0, 0.1) is 5.92 Å². The Morgan fingerprint density at radius 2 is 1.95 bits per heavy atom. The first-order valence-electron chi connectivity index (χ1n) is 7.23. The molecule has 0 aliphatic heterocycles. The zero-order chi connectivity index (χ0) is 15.2. The lowest BCUT2D eigenvalue weighted by molar-refractivity contribution is -0.139. The van der Waals surface area contributed by atoms with Gasteiger partial charge in [-0.3, -0.25) is 4.79 Å². The second kappa shape index (κ2) is 7.59. The maximum absolute atomic E-state index is 11.4. The van der Waals surface area contributed by atoms with E-state index in [4.69, 9.17) is 4.74 Å². The Kier molecular flexibility index (Phi) is 5.79. The number of benzene rings is 1. The molecule has 0 saturated heterocycles. The standard InChI is InChI=1S/C16H19BrO4/c1-2-15(18)21-16(19)20-10-12-4-3-5-14(12)11-6-8-13(17)9-7-11/h6-9,12,14H,2-5,10H2,1H3. The lowest BCUT2D eigenvalue weighted by Gasteiger charge is -2.19. The summed E-state index contributed by atoms with van der Waals surface area (Å²) in [5, 5.41) is 0. The summed E-state index contributed by atoms with van der Waals surface area (Å²) in [6, 6.07) is 8.26. The molecule has 2 rings (SSSR count). The quantitative estimate of drug-likeness (QED) is 0.593. The van der Waals surface area contributed by atoms with Crippen molar-refractivity contribution in [2.45, 2.75) is 38.5 Å². The van der Waals surface area contributed by atoms with Crippen LogP contribution < -0.4 is 0 Å². The Morgan fingerprint density at radius 3 is 2.62 bits per heavy atom. The van der Waals surface area contributed by atoms with Crippen molar-refractivity contribution in [3.8, 4) is 0 Å². The Labute approximate surface area is 132 Å². The highest BCUT2D eigenvalue weighted by Gasteiger charge is 2.30. The minimum Gasteiger partial charge on any atom is -0.434 e. The molecular formula is C16H19BrO4. The van der Waals surface area contributed by atoms with E-state index in [1.807, 2.05) is 12.1 Å². The number of halogens is 1. The van der Waals surface area contributed by atoms with Gasteiger partial charge in [0.05, 0.1) is 6.61 Å². The highest BCUT2D eigenvalue weighted by Crippen LogP contribution is 2.40. The molecule has 2 atom stereocenters. The van der Waals surface area contributed by atoms with Crippen LogP contribution in [0.3, 0.4) is 0 Å². The monoisotopic (exact) mass is 354 g/mol. The van der Waals surface area contributed by atoms with E-state index in [2.05, 4.69) is 32.8 Å². The summed E-state index contributed by atoms with van der Waals surface area (Å²) in [4.78, 5) is 22.4. The molecule has 1 aromatic rings. The average Bonchev–Trinajstić information content (AvgIpc) is 2.94. The molecule has 0 spiro atoms. The van der Waals surface area contributed by atoms with Gasteiger partial charge in [0.25, 0.3) is 0 Å². The number of esters is 1. The molecular weight excluding hydrogens is 336 g/mol. The van der Waals surface area contributed by atoms with Crippen molar-refractivity contribution in [1.29, 1.82) is 0 Å². The maximum atomic E-state index is 11.4. The topological polar surface area (TPSA) is 52.6 Å². The van der Waals surface area contributed by atoms with Gasteiger partial charge in [-0.25, -0.2) is 4.79 Å². The fourth-order valence-corrected chi connectivity index (χ4v) is 3.02. The zero-order valence-electron chi connectivity index (χ0n) is 12.0. The molecule has 114 valence electrons. The zero-order valence-corrected chi connectivity index (χ0v) is 13.6. The summed E-state index contributed by atoms with van der Waals surface area (Å²) >= 11 is 3.43. The maximum Gasteiger partial charge on any atom is 0.516 e. The van der Waals surface area contributed by atoms with Crippen LogP contribution in [0.25, 0.3) is 0 Å². The molecule has 21 heavy (non-hydrogen) atoms. The number of hydrogen-bond donors (Lipinski definition) is 0. The summed E-state index contributed by atoms with van der Waals surface area (Å²) in [5.41, 5.74) is 1.27. The number of rotatable bonds is 4. The third-order valence-corrected chi connectivity index (χ3v) is 4.39. The summed E-state index contributed by atoms with van der Waals surface area (Å²) in [6.45, 7) is 1.94. The summed E-state index contributed by atoms with van der Waals surface area (Å²) in [7, 11) is 0. The average molecular weight is 355 g/mol. The van der Waals surface area contributed by atoms with Crippen LogP contribution in [-0.4, -0.2) is 18.7 Å². The van der Waals surface area contributed by atoms with Crippen molar-refractivity contribution < 1.29 is 19.1 Å². The second-order valence-corrected chi connectivity index (χ2v) is 6.15. The van der Waals surface area contributed by atoms with Crippen molar-refractivity contribution >= 4 is 28.1 Å². The minimum absolute atomic E-state index is 0.167. The van der Waals surface area contributed by atoms with Gasteiger partial charge >= 0.3 is 12.1 Å². The van der Waals surface area contributed by atoms with Gasteiger partial charge in [0.15, 0.2) is 0 Å². The van der Waals surface area contributed by atoms with Gasteiger partial charge in [-0.1, -0.05) is 41.4 Å². The fraction of sp³-hybridized carbons (Fsp3) is 0.500. The van der Waals surface area contributed by atoms with Gasteiger partial charge in [-0.05, 0) is 36.5 Å². The van der Waals surface area contributed by atoms with Crippen molar-refractivity contribution in [2.75, 3.05) is 6.61 Å². The van der Waals surface area contributed by atoms with Crippen LogP contribution in [0.4, 0.5) is 4.79 Å². The molecule has 1 aliphatic rings. The van der Waals surface area contributed by atoms with Crippen LogP contribution in [0.15, 0.2) is 28.7 Å². The third-order valence-electron chi connectivity index (χ3n) is 3.86. The van der Waals surface area contributed by atoms with E-state index in [-0.39, 0.29) is 12.3 Å². The third kappa shape index (κ3) is 4.56. The Morgan fingerprint density at radius 1 is 1.24 bits per heavy atom. The van der Waals surface area contributed by atoms with Crippen LogP contribution >= 0.6 is 15.9 Å². The van der Waals surface area contributed by atoms with E-state index in [0.29, 0.717) is 12.5 Å². The smallest absolute Gasteiger partial charge is 0.434 e. The van der Waals surface area contributed by atoms with Crippen molar-refractivity contribution in [3.63, 3.8) is 0 Å². The number of carbonyl (C=O) groups is 2. The first-order valence-corrected chi connectivity index (χ1v) is 8.02. The van der Waals surface area contributed by atoms with E-state index in [0.717, 1.165) is 23.7 Å². The normalized spacial score (nSPS) is 21.0. The molecule has 1 saturated carbocycles. The first kappa shape index (κ1) is 16.0. The summed E-state index contributed by atoms with van der Waals surface area (Å²) in [6.07, 6.45) is 2.52. The lowest BCUT2D eigenvalue weighted by Crippen LogP contribution is -2.19. The predicted molar refractivity (Wildman–Crippen MR) is 82.0 cm³/mol. The van der Waals surface area contributed by atoms with Crippen molar-refractivity contribution in [3.05, 3.63) is 34.3 Å². The molecule has 2 unspecified atom stereocenters. The number of carbonyl (C=O) groups excluding carboxylic acids is 2. The Hall–Kier alpha value is -1.36. The Balaban J connectivity index is 1.89. The van der Waals surface area contributed by atoms with Gasteiger partial charge < -0.3 is 9.47 Å². The SMILES string of the molecule is CCC(=O)OC(=O)OCC1CCCC1c1ccc(Br)cc1. The molecule has 0 N–H and O–H groups in total. The van der Waals surface area contributed by atoms with Crippen molar-refractivity contribution in [1.82, 2.24) is 0 Å².